The van der Waals surface area contributed by atoms with Crippen LogP contribution < -0.4 is 0 Å². The minimum absolute atomic E-state index is 0.113. The predicted octanol–water partition coefficient (Wildman–Crippen LogP) is 3.28. The van der Waals surface area contributed by atoms with Crippen LogP contribution in [0.2, 0.25) is 0 Å². The Labute approximate surface area is 160 Å². The van der Waals surface area contributed by atoms with E-state index in [1.807, 2.05) is 11.9 Å². The van der Waals surface area contributed by atoms with E-state index >= 15 is 0 Å². The highest BCUT2D eigenvalue weighted by atomic mass is 16.2. The van der Waals surface area contributed by atoms with Gasteiger partial charge in [0.25, 0.3) is 0 Å². The van der Waals surface area contributed by atoms with Gasteiger partial charge in [-0.3, -0.25) is 14.5 Å². The van der Waals surface area contributed by atoms with Crippen LogP contribution in [0.15, 0.2) is 0 Å². The number of carbonyl (C=O) groups is 2. The molecule has 0 bridgehead atoms. The molecular weight excluding hydrogens is 326 g/mol. The molecule has 0 aliphatic carbocycles. The number of amides is 2. The van der Waals surface area contributed by atoms with E-state index < -0.39 is 0 Å². The maximum absolute atomic E-state index is 13.3. The average molecular weight is 366 g/mol. The predicted molar refractivity (Wildman–Crippen MR) is 106 cm³/mol. The molecule has 2 amide bonds. The quantitative estimate of drug-likeness (QED) is 0.663. The van der Waals surface area contributed by atoms with Crippen molar-refractivity contribution in [1.29, 1.82) is 0 Å². The molecule has 3 unspecified atom stereocenters. The fraction of sp³-hybridized carbons (Fsp3) is 0.905. The Morgan fingerprint density at radius 1 is 1.04 bits per heavy atom. The normalized spacial score (nSPS) is 24.7. The summed E-state index contributed by atoms with van der Waals surface area (Å²) in [4.78, 5) is 32.7. The largest absolute Gasteiger partial charge is 0.338 e. The van der Waals surface area contributed by atoms with Gasteiger partial charge in [-0.2, -0.15) is 0 Å². The van der Waals surface area contributed by atoms with Gasteiger partial charge in [0.1, 0.15) is 6.04 Å². The second-order valence-corrected chi connectivity index (χ2v) is 8.37. The molecule has 0 spiro atoms. The summed E-state index contributed by atoms with van der Waals surface area (Å²) in [5.74, 6) is 0.361. The molecule has 0 aromatic carbocycles. The SMILES string of the molecule is CCCC1CCCN1C(=O)C1CCCN1C(=O)C(CCC)N(C)C(C)C. The number of likely N-dealkylation sites (tertiary alicyclic amines) is 2. The maximum Gasteiger partial charge on any atom is 0.245 e. The molecule has 2 aliphatic rings. The maximum atomic E-state index is 13.3. The highest BCUT2D eigenvalue weighted by Crippen LogP contribution is 2.28. The number of hydrogen-bond acceptors (Lipinski definition) is 3. The summed E-state index contributed by atoms with van der Waals surface area (Å²) in [6.45, 7) is 10.2. The number of likely N-dealkylation sites (N-methyl/N-ethyl adjacent to an activating group) is 1. The molecule has 2 fully saturated rings. The van der Waals surface area contributed by atoms with Crippen LogP contribution in [0, 0.1) is 0 Å². The van der Waals surface area contributed by atoms with Gasteiger partial charge >= 0.3 is 0 Å². The standard InChI is InChI=1S/C21H39N3O2/c1-6-10-17-12-8-14-23(17)21(26)19-13-9-15-24(19)20(25)18(11-7-2)22(5)16(3)4/h16-19H,6-15H2,1-5H3. The topological polar surface area (TPSA) is 43.9 Å². The lowest BCUT2D eigenvalue weighted by molar-refractivity contribution is -0.147. The summed E-state index contributed by atoms with van der Waals surface area (Å²) in [5, 5.41) is 0. The summed E-state index contributed by atoms with van der Waals surface area (Å²) >= 11 is 0. The van der Waals surface area contributed by atoms with Gasteiger partial charge in [0, 0.05) is 25.2 Å². The number of rotatable bonds is 8. The molecule has 5 heteroatoms. The van der Waals surface area contributed by atoms with Gasteiger partial charge in [0.2, 0.25) is 11.8 Å². The fourth-order valence-electron chi connectivity index (χ4n) is 4.56. The van der Waals surface area contributed by atoms with Crippen LogP contribution in [-0.2, 0) is 9.59 Å². The van der Waals surface area contributed by atoms with Crippen molar-refractivity contribution in [3.05, 3.63) is 0 Å². The van der Waals surface area contributed by atoms with Gasteiger partial charge in [-0.05, 0) is 59.4 Å². The molecule has 26 heavy (non-hydrogen) atoms. The Bertz CT molecular complexity index is 480. The van der Waals surface area contributed by atoms with E-state index in [0.717, 1.165) is 64.5 Å². The third-order valence-corrected chi connectivity index (χ3v) is 6.26. The summed E-state index contributed by atoms with van der Waals surface area (Å²) in [5.41, 5.74) is 0. The van der Waals surface area contributed by atoms with Crippen LogP contribution in [0.25, 0.3) is 0 Å². The van der Waals surface area contributed by atoms with Crippen LogP contribution in [0.1, 0.15) is 79.1 Å². The van der Waals surface area contributed by atoms with E-state index in [9.17, 15) is 9.59 Å². The van der Waals surface area contributed by atoms with Crippen molar-refractivity contribution < 1.29 is 9.59 Å². The van der Waals surface area contributed by atoms with E-state index in [0.29, 0.717) is 12.1 Å². The van der Waals surface area contributed by atoms with E-state index in [1.165, 1.54) is 0 Å². The minimum Gasteiger partial charge on any atom is -0.338 e. The molecule has 5 nitrogen and oxygen atoms in total. The summed E-state index contributed by atoms with van der Waals surface area (Å²) < 4.78 is 0. The van der Waals surface area contributed by atoms with Crippen LogP contribution in [0.3, 0.4) is 0 Å². The Balaban J connectivity index is 2.12. The first kappa shape index (κ1) is 21.2. The van der Waals surface area contributed by atoms with Crippen molar-refractivity contribution in [1.82, 2.24) is 14.7 Å². The van der Waals surface area contributed by atoms with Crippen LogP contribution in [0.5, 0.6) is 0 Å². The van der Waals surface area contributed by atoms with Crippen molar-refractivity contribution in [2.75, 3.05) is 20.1 Å². The summed E-state index contributed by atoms with van der Waals surface area (Å²) in [6.07, 6.45) is 8.02. The van der Waals surface area contributed by atoms with Crippen molar-refractivity contribution in [3.8, 4) is 0 Å². The molecular formula is C21H39N3O2. The van der Waals surface area contributed by atoms with Gasteiger partial charge in [-0.15, -0.1) is 0 Å². The molecule has 0 N–H and O–H groups in total. The Hall–Kier alpha value is -1.10. The van der Waals surface area contributed by atoms with Crippen LogP contribution >= 0.6 is 0 Å². The molecule has 3 atom stereocenters. The average Bonchev–Trinajstić information content (AvgIpc) is 3.27. The van der Waals surface area contributed by atoms with Gasteiger partial charge in [0.15, 0.2) is 0 Å². The van der Waals surface area contributed by atoms with Gasteiger partial charge in [-0.1, -0.05) is 26.7 Å². The lowest BCUT2D eigenvalue weighted by Crippen LogP contribution is -2.55. The van der Waals surface area contributed by atoms with E-state index in [1.54, 1.807) is 0 Å². The minimum atomic E-state index is -0.236. The van der Waals surface area contributed by atoms with Crippen molar-refractivity contribution in [2.45, 2.75) is 103 Å². The zero-order chi connectivity index (χ0) is 19.3. The van der Waals surface area contributed by atoms with Gasteiger partial charge in [-0.25, -0.2) is 0 Å². The Morgan fingerprint density at radius 2 is 1.69 bits per heavy atom. The van der Waals surface area contributed by atoms with Gasteiger partial charge in [0.05, 0.1) is 6.04 Å². The number of carbonyl (C=O) groups excluding carboxylic acids is 2. The zero-order valence-corrected chi connectivity index (χ0v) is 17.5. The highest BCUT2D eigenvalue weighted by molar-refractivity contribution is 5.90. The van der Waals surface area contributed by atoms with Gasteiger partial charge < -0.3 is 9.80 Å². The molecule has 2 rings (SSSR count). The van der Waals surface area contributed by atoms with E-state index in [-0.39, 0.29) is 23.9 Å². The van der Waals surface area contributed by atoms with Crippen molar-refractivity contribution in [2.24, 2.45) is 0 Å². The van der Waals surface area contributed by atoms with Crippen molar-refractivity contribution in [3.63, 3.8) is 0 Å². The van der Waals surface area contributed by atoms with Crippen LogP contribution in [-0.4, -0.2) is 70.8 Å². The molecule has 0 aromatic rings. The third kappa shape index (κ3) is 4.59. The lowest BCUT2D eigenvalue weighted by atomic mass is 10.1. The Morgan fingerprint density at radius 3 is 2.31 bits per heavy atom. The van der Waals surface area contributed by atoms with E-state index in [4.69, 9.17) is 0 Å². The third-order valence-electron chi connectivity index (χ3n) is 6.26. The second-order valence-electron chi connectivity index (χ2n) is 8.37. The van der Waals surface area contributed by atoms with Crippen LogP contribution in [0.4, 0.5) is 0 Å². The molecule has 2 saturated heterocycles. The summed E-state index contributed by atoms with van der Waals surface area (Å²) in [7, 11) is 2.04. The number of nitrogens with zero attached hydrogens (tertiary/aromatic N) is 3. The number of hydrogen-bond donors (Lipinski definition) is 0. The fourth-order valence-corrected chi connectivity index (χ4v) is 4.56. The first-order valence-corrected chi connectivity index (χ1v) is 10.7. The monoisotopic (exact) mass is 365 g/mol. The zero-order valence-electron chi connectivity index (χ0n) is 17.5. The van der Waals surface area contributed by atoms with Crippen molar-refractivity contribution >= 4 is 11.8 Å². The summed E-state index contributed by atoms with van der Waals surface area (Å²) in [6, 6.07) is 0.355. The highest BCUT2D eigenvalue weighted by Gasteiger charge is 2.42. The molecule has 0 saturated carbocycles. The first-order valence-electron chi connectivity index (χ1n) is 10.7. The van der Waals surface area contributed by atoms with E-state index in [2.05, 4.69) is 37.5 Å². The smallest absolute Gasteiger partial charge is 0.245 e. The molecule has 150 valence electrons. The molecule has 2 aliphatic heterocycles. The molecule has 0 aromatic heterocycles. The lowest BCUT2D eigenvalue weighted by Gasteiger charge is -2.36. The second kappa shape index (κ2) is 9.72. The molecule has 0 radical (unpaired) electrons. The first-order chi connectivity index (χ1) is 12.4. The Kier molecular flexibility index (Phi) is 7.93. The molecule has 2 heterocycles.